The molecule has 0 aromatic rings. The molecule has 1 saturated heterocycles. The van der Waals surface area contributed by atoms with E-state index in [-0.39, 0.29) is 35.9 Å². The van der Waals surface area contributed by atoms with Crippen LogP contribution in [0.25, 0.3) is 0 Å². The van der Waals surface area contributed by atoms with Gasteiger partial charge in [0.25, 0.3) is 0 Å². The van der Waals surface area contributed by atoms with Gasteiger partial charge in [0.15, 0.2) is 6.29 Å². The third kappa shape index (κ3) is 3.76. The lowest BCUT2D eigenvalue weighted by molar-refractivity contribution is -0.310. The molecule has 0 aromatic carbocycles. The van der Waals surface area contributed by atoms with Gasteiger partial charge < -0.3 is 45.2 Å². The maximum absolute atomic E-state index is 11.8. The SMILES string of the molecule is C[C@]1(CO)[C@H]2CC[C@@]34C[C@@H](CC[C@H]3[C@]2(C)CC[C@@H]1O)[C@@](O)(CO[C@@H]1O[C@H](CO)[C@@H](O)[C@H](O)[C@H]1O)C4. The largest absolute Gasteiger partial charge is 0.396 e. The van der Waals surface area contributed by atoms with Crippen molar-refractivity contribution in [3.05, 3.63) is 0 Å². The van der Waals surface area contributed by atoms with Crippen molar-refractivity contribution in [3.63, 3.8) is 0 Å². The van der Waals surface area contributed by atoms with Crippen LogP contribution in [0.15, 0.2) is 0 Å². The fourth-order valence-corrected chi connectivity index (χ4v) is 9.47. The smallest absolute Gasteiger partial charge is 0.186 e. The minimum atomic E-state index is -1.51. The highest BCUT2D eigenvalue weighted by Gasteiger charge is 2.68. The highest BCUT2D eigenvalue weighted by atomic mass is 16.7. The molecule has 7 N–H and O–H groups in total. The van der Waals surface area contributed by atoms with Crippen molar-refractivity contribution in [2.24, 2.45) is 34.0 Å². The van der Waals surface area contributed by atoms with E-state index in [9.17, 15) is 35.7 Å². The Bertz CT molecular complexity index is 795. The second-order valence-electron chi connectivity index (χ2n) is 13.0. The van der Waals surface area contributed by atoms with Crippen LogP contribution in [0.2, 0.25) is 0 Å². The summed E-state index contributed by atoms with van der Waals surface area (Å²) in [7, 11) is 0. The predicted molar refractivity (Wildman–Crippen MR) is 124 cm³/mol. The molecule has 9 heteroatoms. The van der Waals surface area contributed by atoms with Crippen LogP contribution in [0.1, 0.15) is 65.2 Å². The number of aliphatic hydroxyl groups is 7. The normalized spacial score (nSPS) is 58.0. The Morgan fingerprint density at radius 2 is 1.63 bits per heavy atom. The van der Waals surface area contributed by atoms with Crippen molar-refractivity contribution in [1.29, 1.82) is 0 Å². The van der Waals surface area contributed by atoms with Crippen molar-refractivity contribution < 1.29 is 45.2 Å². The Hall–Kier alpha value is -0.360. The molecule has 0 amide bonds. The van der Waals surface area contributed by atoms with Gasteiger partial charge in [0, 0.05) is 5.41 Å². The molecular weight excluding hydrogens is 456 g/mol. The molecule has 5 rings (SSSR count). The minimum absolute atomic E-state index is 0.0106. The summed E-state index contributed by atoms with van der Waals surface area (Å²) in [6.45, 7) is 3.77. The first kappa shape index (κ1) is 26.3. The second kappa shape index (κ2) is 8.85. The molecule has 202 valence electrons. The molecule has 2 bridgehead atoms. The average molecular weight is 501 g/mol. The number of rotatable bonds is 5. The number of ether oxygens (including phenoxy) is 2. The summed E-state index contributed by atoms with van der Waals surface area (Å²) in [5, 5.41) is 72.8. The molecule has 4 aliphatic carbocycles. The molecule has 1 heterocycles. The highest BCUT2D eigenvalue weighted by molar-refractivity contribution is 5.18. The summed E-state index contributed by atoms with van der Waals surface area (Å²) in [5.41, 5.74) is -1.64. The molecule has 0 radical (unpaired) electrons. The van der Waals surface area contributed by atoms with Crippen LogP contribution in [-0.4, -0.2) is 98.0 Å². The quantitative estimate of drug-likeness (QED) is 0.274. The zero-order valence-electron chi connectivity index (χ0n) is 20.9. The first-order chi connectivity index (χ1) is 16.4. The van der Waals surface area contributed by atoms with Crippen LogP contribution >= 0.6 is 0 Å². The van der Waals surface area contributed by atoms with Crippen LogP contribution in [-0.2, 0) is 9.47 Å². The van der Waals surface area contributed by atoms with Crippen molar-refractivity contribution in [2.75, 3.05) is 19.8 Å². The molecular formula is C26H44O9. The van der Waals surface area contributed by atoms with E-state index in [1.807, 2.05) is 6.92 Å². The minimum Gasteiger partial charge on any atom is -0.396 e. The number of aliphatic hydroxyl groups excluding tert-OH is 6. The lowest BCUT2D eigenvalue weighted by Gasteiger charge is -2.65. The molecule has 0 unspecified atom stereocenters. The number of fused-ring (bicyclic) bond motifs is 3. The van der Waals surface area contributed by atoms with Gasteiger partial charge in [0.2, 0.25) is 0 Å². The maximum atomic E-state index is 11.8. The van der Waals surface area contributed by atoms with Crippen molar-refractivity contribution in [2.45, 2.75) is 108 Å². The van der Waals surface area contributed by atoms with E-state index < -0.39 is 54.4 Å². The van der Waals surface area contributed by atoms with Crippen LogP contribution in [0.4, 0.5) is 0 Å². The van der Waals surface area contributed by atoms with Crippen LogP contribution in [0, 0.1) is 34.0 Å². The molecule has 1 aliphatic heterocycles. The molecule has 4 saturated carbocycles. The van der Waals surface area contributed by atoms with Gasteiger partial charge in [-0.25, -0.2) is 0 Å². The van der Waals surface area contributed by atoms with Gasteiger partial charge in [-0.05, 0) is 80.0 Å². The van der Waals surface area contributed by atoms with Gasteiger partial charge in [-0.15, -0.1) is 0 Å². The zero-order chi connectivity index (χ0) is 25.4. The van der Waals surface area contributed by atoms with Gasteiger partial charge in [0.1, 0.15) is 24.4 Å². The van der Waals surface area contributed by atoms with E-state index in [1.165, 1.54) is 0 Å². The summed E-state index contributed by atoms with van der Waals surface area (Å²) in [5.74, 6) is 0.682. The third-order valence-corrected chi connectivity index (χ3v) is 11.3. The second-order valence-corrected chi connectivity index (χ2v) is 13.0. The van der Waals surface area contributed by atoms with Crippen molar-refractivity contribution >= 4 is 0 Å². The van der Waals surface area contributed by atoms with Gasteiger partial charge in [-0.2, -0.15) is 0 Å². The van der Waals surface area contributed by atoms with E-state index in [4.69, 9.17) is 9.47 Å². The van der Waals surface area contributed by atoms with E-state index in [1.54, 1.807) is 0 Å². The molecule has 1 spiro atoms. The lowest BCUT2D eigenvalue weighted by atomic mass is 9.40. The number of hydrogen-bond acceptors (Lipinski definition) is 9. The lowest BCUT2D eigenvalue weighted by Crippen LogP contribution is -2.61. The van der Waals surface area contributed by atoms with E-state index in [2.05, 4.69) is 6.92 Å². The zero-order valence-corrected chi connectivity index (χ0v) is 20.9. The van der Waals surface area contributed by atoms with Gasteiger partial charge >= 0.3 is 0 Å². The summed E-state index contributed by atoms with van der Waals surface area (Å²) < 4.78 is 11.3. The molecule has 9 nitrogen and oxygen atoms in total. The molecule has 0 aromatic heterocycles. The fourth-order valence-electron chi connectivity index (χ4n) is 9.47. The summed E-state index contributed by atoms with van der Waals surface area (Å²) in [6.07, 6.45) is -0.405. The van der Waals surface area contributed by atoms with Crippen molar-refractivity contribution in [3.8, 4) is 0 Å². The molecule has 35 heavy (non-hydrogen) atoms. The monoisotopic (exact) mass is 500 g/mol. The Kier molecular flexibility index (Phi) is 6.64. The Labute approximate surface area is 207 Å². The van der Waals surface area contributed by atoms with Gasteiger partial charge in [-0.1, -0.05) is 13.8 Å². The van der Waals surface area contributed by atoms with Gasteiger partial charge in [-0.3, -0.25) is 0 Å². The van der Waals surface area contributed by atoms with Crippen LogP contribution in [0.3, 0.4) is 0 Å². The van der Waals surface area contributed by atoms with E-state index in [0.29, 0.717) is 18.8 Å². The summed E-state index contributed by atoms with van der Waals surface area (Å²) >= 11 is 0. The highest BCUT2D eigenvalue weighted by Crippen LogP contribution is 2.72. The Balaban J connectivity index is 1.33. The molecule has 5 fully saturated rings. The standard InChI is InChI=1S/C26H44O9/c1-23-7-6-18(29)24(2,12-28)16(23)5-8-25-9-14(3-4-17(23)25)26(33,11-25)13-34-22-21(32)20(31)19(30)15(10-27)35-22/h14-22,27-33H,3-13H2,1-2H3/t14-,15-,16+,17+,18+,19-,20+,21-,22-,23-,24+,25+,26+/m1/s1. The summed E-state index contributed by atoms with van der Waals surface area (Å²) in [6, 6.07) is 0. The first-order valence-electron chi connectivity index (χ1n) is 13.4. The van der Waals surface area contributed by atoms with E-state index in [0.717, 1.165) is 38.5 Å². The molecule has 5 aliphatic rings. The third-order valence-electron chi connectivity index (χ3n) is 11.3. The number of hydrogen-bond donors (Lipinski definition) is 7. The maximum Gasteiger partial charge on any atom is 0.186 e. The Morgan fingerprint density at radius 3 is 2.31 bits per heavy atom. The Morgan fingerprint density at radius 1 is 0.886 bits per heavy atom. The van der Waals surface area contributed by atoms with Gasteiger partial charge in [0.05, 0.1) is 31.5 Å². The predicted octanol–water partition coefficient (Wildman–Crippen LogP) is -0.0900. The average Bonchev–Trinajstić information content (AvgIpc) is 3.04. The molecule has 13 atom stereocenters. The first-order valence-corrected chi connectivity index (χ1v) is 13.4. The fraction of sp³-hybridized carbons (Fsp3) is 1.00. The summed E-state index contributed by atoms with van der Waals surface area (Å²) in [4.78, 5) is 0. The van der Waals surface area contributed by atoms with Crippen LogP contribution < -0.4 is 0 Å². The van der Waals surface area contributed by atoms with Crippen LogP contribution in [0.5, 0.6) is 0 Å². The van der Waals surface area contributed by atoms with Crippen molar-refractivity contribution in [1.82, 2.24) is 0 Å². The topological polar surface area (TPSA) is 160 Å². The van der Waals surface area contributed by atoms with E-state index >= 15 is 0 Å².